The van der Waals surface area contributed by atoms with Crippen LogP contribution in [0, 0.1) is 0 Å². The van der Waals surface area contributed by atoms with Gasteiger partial charge in [0.25, 0.3) is 0 Å². The first-order valence-corrected chi connectivity index (χ1v) is 10.3. The Kier molecular flexibility index (Phi) is 4.07. The van der Waals surface area contributed by atoms with E-state index < -0.39 is 0 Å². The predicted molar refractivity (Wildman–Crippen MR) is 126 cm³/mol. The molecule has 0 amide bonds. The summed E-state index contributed by atoms with van der Waals surface area (Å²) in [6, 6.07) is 0. The number of nitrogens with zero attached hydrogens (tertiary/aromatic N) is 4. The number of hydrogen-bond donors (Lipinski definition) is 0. The highest BCUT2D eigenvalue weighted by atomic mass is 14.9. The largest absolute Gasteiger partial charge is 0.249 e. The third-order valence-electron chi connectivity index (χ3n) is 6.41. The summed E-state index contributed by atoms with van der Waals surface area (Å²) in [6.45, 7) is 12.8. The van der Waals surface area contributed by atoms with Crippen LogP contribution in [-0.2, 0) is 0 Å². The Hall–Kier alpha value is -3.40. The van der Waals surface area contributed by atoms with Gasteiger partial charge in [-0.15, -0.1) is 0 Å². The quantitative estimate of drug-likeness (QED) is 0.491. The van der Waals surface area contributed by atoms with Crippen molar-refractivity contribution in [3.63, 3.8) is 0 Å². The monoisotopic (exact) mass is 392 g/mol. The standard InChI is InChI=1S/C26H24N4/c1-13-14(2)25-18(6)26-16(4)15(3)24(30-26)17(5)22-10-9-20(28-22)11-19-7-8-21(27-19)12-23(13)29-25/h7-12H,1-6H3. The van der Waals surface area contributed by atoms with Gasteiger partial charge in [-0.1, -0.05) is 0 Å². The lowest BCUT2D eigenvalue weighted by atomic mass is 9.97. The SMILES string of the molecule is CC1=C(C)C2=C(C)C3=NC(=C(C)C4=NC(=CC5=NC(=CC1=N2)C=C5)C=C4)C(C)=C3C. The molecular formula is C26H24N4. The maximum atomic E-state index is 5.06. The van der Waals surface area contributed by atoms with Crippen LogP contribution >= 0.6 is 0 Å². The highest BCUT2D eigenvalue weighted by Gasteiger charge is 2.26. The molecule has 0 saturated heterocycles. The summed E-state index contributed by atoms with van der Waals surface area (Å²) in [5.41, 5.74) is 14.7. The summed E-state index contributed by atoms with van der Waals surface area (Å²) in [5.74, 6) is 0. The number of rotatable bonds is 0. The van der Waals surface area contributed by atoms with Crippen molar-refractivity contribution in [3.8, 4) is 0 Å². The van der Waals surface area contributed by atoms with Crippen molar-refractivity contribution >= 4 is 22.8 Å². The third-order valence-corrected chi connectivity index (χ3v) is 6.41. The van der Waals surface area contributed by atoms with Gasteiger partial charge in [0.1, 0.15) is 0 Å². The Labute approximate surface area is 177 Å². The summed E-state index contributed by atoms with van der Waals surface area (Å²) >= 11 is 0. The summed E-state index contributed by atoms with van der Waals surface area (Å²) < 4.78 is 0. The van der Waals surface area contributed by atoms with Crippen molar-refractivity contribution in [1.82, 2.24) is 0 Å². The Balaban J connectivity index is 1.80. The van der Waals surface area contributed by atoms with E-state index >= 15 is 0 Å². The first kappa shape index (κ1) is 18.6. The fourth-order valence-electron chi connectivity index (χ4n) is 4.28. The van der Waals surface area contributed by atoms with E-state index in [0.29, 0.717) is 0 Å². The molecule has 148 valence electrons. The minimum atomic E-state index is 0.903. The maximum Gasteiger partial charge on any atom is 0.0720 e. The van der Waals surface area contributed by atoms with Crippen LogP contribution in [0.5, 0.6) is 0 Å². The minimum absolute atomic E-state index is 0.903. The first-order valence-electron chi connectivity index (χ1n) is 10.3. The maximum absolute atomic E-state index is 5.06. The van der Waals surface area contributed by atoms with Gasteiger partial charge in [0.2, 0.25) is 0 Å². The lowest BCUT2D eigenvalue weighted by molar-refractivity contribution is 1.25. The molecule has 4 heteroatoms. The average molecular weight is 393 g/mol. The number of fused-ring (bicyclic) bond motifs is 4. The van der Waals surface area contributed by atoms with Gasteiger partial charge in [0.05, 0.1) is 45.6 Å². The van der Waals surface area contributed by atoms with Gasteiger partial charge >= 0.3 is 0 Å². The molecule has 0 unspecified atom stereocenters. The smallest absolute Gasteiger partial charge is 0.0720 e. The van der Waals surface area contributed by atoms with Crippen molar-refractivity contribution in [3.05, 3.63) is 92.7 Å². The van der Waals surface area contributed by atoms with Crippen LogP contribution in [0.25, 0.3) is 0 Å². The van der Waals surface area contributed by atoms with E-state index in [0.717, 1.165) is 56.8 Å². The molecule has 0 fully saturated rings. The van der Waals surface area contributed by atoms with E-state index in [9.17, 15) is 0 Å². The molecule has 5 aliphatic rings. The second-order valence-electron chi connectivity index (χ2n) is 8.24. The van der Waals surface area contributed by atoms with Crippen LogP contribution in [0.4, 0.5) is 0 Å². The molecule has 0 radical (unpaired) electrons. The van der Waals surface area contributed by atoms with Gasteiger partial charge in [-0.05, 0) is 100 Å². The van der Waals surface area contributed by atoms with Gasteiger partial charge < -0.3 is 0 Å². The van der Waals surface area contributed by atoms with E-state index in [1.54, 1.807) is 0 Å². The predicted octanol–water partition coefficient (Wildman–Crippen LogP) is 5.92. The van der Waals surface area contributed by atoms with E-state index in [2.05, 4.69) is 53.7 Å². The number of allylic oxidation sites excluding steroid dienone is 12. The molecule has 5 rings (SSSR count). The topological polar surface area (TPSA) is 49.4 Å². The highest BCUT2D eigenvalue weighted by Crippen LogP contribution is 2.36. The molecular weight excluding hydrogens is 368 g/mol. The zero-order valence-electron chi connectivity index (χ0n) is 18.3. The highest BCUT2D eigenvalue weighted by molar-refractivity contribution is 6.20. The molecule has 30 heavy (non-hydrogen) atoms. The Bertz CT molecular complexity index is 1300. The van der Waals surface area contributed by atoms with Crippen molar-refractivity contribution in [2.75, 3.05) is 0 Å². The first-order chi connectivity index (χ1) is 14.3. The normalized spacial score (nSPS) is 22.7. The van der Waals surface area contributed by atoms with Crippen molar-refractivity contribution in [2.24, 2.45) is 20.0 Å². The van der Waals surface area contributed by atoms with Gasteiger partial charge in [0.15, 0.2) is 0 Å². The average Bonchev–Trinajstić information content (AvgIpc) is 3.48. The minimum Gasteiger partial charge on any atom is -0.249 e. The van der Waals surface area contributed by atoms with Gasteiger partial charge in [-0.25, -0.2) is 20.0 Å². The lowest BCUT2D eigenvalue weighted by Gasteiger charge is -2.07. The Morgan fingerprint density at radius 2 is 1.13 bits per heavy atom. The van der Waals surface area contributed by atoms with E-state index in [-0.39, 0.29) is 0 Å². The third kappa shape index (κ3) is 2.75. The number of aliphatic imine (C=N–C) groups is 4. The molecule has 5 aliphatic heterocycles. The summed E-state index contributed by atoms with van der Waals surface area (Å²) in [4.78, 5) is 19.6. The van der Waals surface area contributed by atoms with Crippen LogP contribution in [0.15, 0.2) is 113 Å². The molecule has 8 bridgehead atoms. The summed E-state index contributed by atoms with van der Waals surface area (Å²) in [5, 5.41) is 0. The molecule has 0 aromatic rings. The molecule has 0 aromatic carbocycles. The summed E-state index contributed by atoms with van der Waals surface area (Å²) in [7, 11) is 0. The van der Waals surface area contributed by atoms with Gasteiger partial charge in [-0.2, -0.15) is 0 Å². The van der Waals surface area contributed by atoms with Crippen LogP contribution in [-0.4, -0.2) is 22.8 Å². The van der Waals surface area contributed by atoms with Crippen LogP contribution in [0.1, 0.15) is 41.5 Å². The molecule has 0 spiro atoms. The van der Waals surface area contributed by atoms with Gasteiger partial charge in [-0.3, -0.25) is 0 Å². The van der Waals surface area contributed by atoms with Crippen molar-refractivity contribution in [1.29, 1.82) is 0 Å². The molecule has 0 aliphatic carbocycles. The lowest BCUT2D eigenvalue weighted by Crippen LogP contribution is -2.02. The zero-order chi connectivity index (χ0) is 21.2. The Morgan fingerprint density at radius 1 is 0.467 bits per heavy atom. The van der Waals surface area contributed by atoms with Crippen LogP contribution in [0.3, 0.4) is 0 Å². The molecule has 5 heterocycles. The van der Waals surface area contributed by atoms with Crippen LogP contribution in [0.2, 0.25) is 0 Å². The fourth-order valence-corrected chi connectivity index (χ4v) is 4.28. The Morgan fingerprint density at radius 3 is 1.93 bits per heavy atom. The second-order valence-corrected chi connectivity index (χ2v) is 8.24. The molecule has 0 atom stereocenters. The van der Waals surface area contributed by atoms with Crippen molar-refractivity contribution < 1.29 is 0 Å². The summed E-state index contributed by atoms with van der Waals surface area (Å²) in [6.07, 6.45) is 12.2. The molecule has 0 N–H and O–H groups in total. The van der Waals surface area contributed by atoms with Crippen molar-refractivity contribution in [2.45, 2.75) is 41.5 Å². The fraction of sp³-hybridized carbons (Fsp3) is 0.231. The number of hydrogen-bond acceptors (Lipinski definition) is 4. The second kappa shape index (κ2) is 6.56. The van der Waals surface area contributed by atoms with E-state index in [1.165, 1.54) is 22.3 Å². The van der Waals surface area contributed by atoms with E-state index in [1.807, 2.05) is 24.3 Å². The van der Waals surface area contributed by atoms with E-state index in [4.69, 9.17) is 20.0 Å². The van der Waals surface area contributed by atoms with Gasteiger partial charge in [0, 0.05) is 11.1 Å². The van der Waals surface area contributed by atoms with Crippen LogP contribution < -0.4 is 0 Å². The molecule has 4 nitrogen and oxygen atoms in total. The zero-order valence-corrected chi connectivity index (χ0v) is 18.3. The molecule has 0 aromatic heterocycles. The molecule has 0 saturated carbocycles.